The normalized spacial score (nSPS) is 13.4. The minimum Gasteiger partial charge on any atom is -0.396 e. The summed E-state index contributed by atoms with van der Waals surface area (Å²) in [6.45, 7) is 3.24. The first-order chi connectivity index (χ1) is 5.31. The number of aliphatic hydroxyl groups is 2. The first-order valence-electron chi connectivity index (χ1n) is 4.26. The van der Waals surface area contributed by atoms with E-state index in [2.05, 4.69) is 12.2 Å². The van der Waals surface area contributed by atoms with E-state index in [-0.39, 0.29) is 13.2 Å². The number of rotatable bonds is 7. The quantitative estimate of drug-likeness (QED) is 0.465. The Labute approximate surface area is 68.4 Å². The van der Waals surface area contributed by atoms with Crippen LogP contribution in [0.5, 0.6) is 0 Å². The van der Waals surface area contributed by atoms with Crippen molar-refractivity contribution >= 4 is 0 Å². The van der Waals surface area contributed by atoms with E-state index < -0.39 is 0 Å². The molecule has 1 atom stereocenters. The Balaban J connectivity index is 3.02. The maximum atomic E-state index is 8.49. The molecule has 0 aromatic rings. The molecule has 0 spiro atoms. The number of hydrogen-bond donors (Lipinski definition) is 3. The van der Waals surface area contributed by atoms with Crippen LogP contribution in [0.25, 0.3) is 0 Å². The predicted octanol–water partition coefficient (Wildman–Crippen LogP) is 0.119. The SMILES string of the molecule is CC(CCCCO)NCCO. The zero-order valence-corrected chi connectivity index (χ0v) is 7.21. The van der Waals surface area contributed by atoms with Gasteiger partial charge in [0.2, 0.25) is 0 Å². The maximum absolute atomic E-state index is 8.49. The van der Waals surface area contributed by atoms with Crippen molar-refractivity contribution in [3.8, 4) is 0 Å². The van der Waals surface area contributed by atoms with Gasteiger partial charge < -0.3 is 15.5 Å². The van der Waals surface area contributed by atoms with Gasteiger partial charge in [-0.2, -0.15) is 0 Å². The third kappa shape index (κ3) is 7.78. The van der Waals surface area contributed by atoms with Gasteiger partial charge in [-0.1, -0.05) is 0 Å². The predicted molar refractivity (Wildman–Crippen MR) is 45.5 cm³/mol. The summed E-state index contributed by atoms with van der Waals surface area (Å²) in [5.41, 5.74) is 0. The molecular formula is C8H19NO2. The smallest absolute Gasteiger partial charge is 0.0556 e. The molecule has 0 amide bonds. The van der Waals surface area contributed by atoms with Gasteiger partial charge in [-0.15, -0.1) is 0 Å². The summed E-state index contributed by atoms with van der Waals surface area (Å²) in [5, 5.41) is 20.1. The highest BCUT2D eigenvalue weighted by Crippen LogP contribution is 1.98. The number of hydrogen-bond acceptors (Lipinski definition) is 3. The summed E-state index contributed by atoms with van der Waals surface area (Å²) in [6, 6.07) is 0.452. The monoisotopic (exact) mass is 161 g/mol. The second kappa shape index (κ2) is 7.98. The average Bonchev–Trinajstić information content (AvgIpc) is 2.01. The van der Waals surface area contributed by atoms with E-state index in [0.29, 0.717) is 12.6 Å². The van der Waals surface area contributed by atoms with Gasteiger partial charge in [0.15, 0.2) is 0 Å². The van der Waals surface area contributed by atoms with Crippen LogP contribution >= 0.6 is 0 Å². The molecule has 0 fully saturated rings. The molecule has 68 valence electrons. The van der Waals surface area contributed by atoms with Crippen LogP contribution in [0.1, 0.15) is 26.2 Å². The van der Waals surface area contributed by atoms with Gasteiger partial charge in [0, 0.05) is 19.2 Å². The lowest BCUT2D eigenvalue weighted by molar-refractivity contribution is 0.271. The van der Waals surface area contributed by atoms with Gasteiger partial charge >= 0.3 is 0 Å². The van der Waals surface area contributed by atoms with E-state index in [4.69, 9.17) is 10.2 Å². The summed E-state index contributed by atoms with van der Waals surface area (Å²) in [5.74, 6) is 0. The van der Waals surface area contributed by atoms with E-state index in [1.165, 1.54) is 0 Å². The minimum atomic E-state index is 0.199. The van der Waals surface area contributed by atoms with Gasteiger partial charge in [-0.25, -0.2) is 0 Å². The highest BCUT2D eigenvalue weighted by molar-refractivity contribution is 4.59. The lowest BCUT2D eigenvalue weighted by Crippen LogP contribution is -2.28. The third-order valence-electron chi connectivity index (χ3n) is 1.65. The van der Waals surface area contributed by atoms with Crippen LogP contribution < -0.4 is 5.32 Å². The van der Waals surface area contributed by atoms with Gasteiger partial charge in [0.05, 0.1) is 6.61 Å². The Kier molecular flexibility index (Phi) is 7.89. The van der Waals surface area contributed by atoms with Gasteiger partial charge in [-0.05, 0) is 26.2 Å². The first kappa shape index (κ1) is 10.9. The summed E-state index contributed by atoms with van der Waals surface area (Å²) in [7, 11) is 0. The van der Waals surface area contributed by atoms with Crippen LogP contribution in [-0.4, -0.2) is 36.0 Å². The van der Waals surface area contributed by atoms with Gasteiger partial charge in [-0.3, -0.25) is 0 Å². The Morgan fingerprint density at radius 2 is 1.91 bits per heavy atom. The zero-order chi connectivity index (χ0) is 8.53. The molecule has 0 heterocycles. The molecule has 0 aromatic heterocycles. The molecule has 3 N–H and O–H groups in total. The molecule has 0 aromatic carbocycles. The second-order valence-electron chi connectivity index (χ2n) is 2.80. The minimum absolute atomic E-state index is 0.199. The molecule has 3 nitrogen and oxygen atoms in total. The largest absolute Gasteiger partial charge is 0.396 e. The van der Waals surface area contributed by atoms with Gasteiger partial charge in [0.25, 0.3) is 0 Å². The molecule has 3 heteroatoms. The Hall–Kier alpha value is -0.120. The van der Waals surface area contributed by atoms with Crippen LogP contribution in [0.3, 0.4) is 0 Å². The van der Waals surface area contributed by atoms with Crippen molar-refractivity contribution in [3.05, 3.63) is 0 Å². The Morgan fingerprint density at radius 1 is 1.18 bits per heavy atom. The fraction of sp³-hybridized carbons (Fsp3) is 1.00. The summed E-state index contributed by atoms with van der Waals surface area (Å²) < 4.78 is 0. The van der Waals surface area contributed by atoms with Crippen LogP contribution in [0.4, 0.5) is 0 Å². The molecule has 0 aliphatic rings. The van der Waals surface area contributed by atoms with E-state index in [1.807, 2.05) is 0 Å². The summed E-state index contributed by atoms with van der Waals surface area (Å²) >= 11 is 0. The topological polar surface area (TPSA) is 52.5 Å². The van der Waals surface area contributed by atoms with E-state index in [1.54, 1.807) is 0 Å². The van der Waals surface area contributed by atoms with Crippen molar-refractivity contribution in [2.24, 2.45) is 0 Å². The molecule has 0 saturated carbocycles. The Morgan fingerprint density at radius 3 is 2.45 bits per heavy atom. The fourth-order valence-corrected chi connectivity index (χ4v) is 0.975. The summed E-state index contributed by atoms with van der Waals surface area (Å²) in [4.78, 5) is 0. The molecule has 0 aliphatic carbocycles. The molecule has 11 heavy (non-hydrogen) atoms. The van der Waals surface area contributed by atoms with Crippen molar-refractivity contribution in [2.45, 2.75) is 32.2 Å². The second-order valence-corrected chi connectivity index (χ2v) is 2.80. The first-order valence-corrected chi connectivity index (χ1v) is 4.26. The zero-order valence-electron chi connectivity index (χ0n) is 7.21. The van der Waals surface area contributed by atoms with Crippen LogP contribution in [0.15, 0.2) is 0 Å². The van der Waals surface area contributed by atoms with Crippen molar-refractivity contribution in [1.82, 2.24) is 5.32 Å². The number of unbranched alkanes of at least 4 members (excludes halogenated alkanes) is 1. The molecule has 0 rings (SSSR count). The number of aliphatic hydroxyl groups excluding tert-OH is 2. The highest BCUT2D eigenvalue weighted by Gasteiger charge is 1.98. The van der Waals surface area contributed by atoms with E-state index in [0.717, 1.165) is 19.3 Å². The highest BCUT2D eigenvalue weighted by atomic mass is 16.3. The molecule has 1 unspecified atom stereocenters. The van der Waals surface area contributed by atoms with Crippen molar-refractivity contribution in [1.29, 1.82) is 0 Å². The fourth-order valence-electron chi connectivity index (χ4n) is 0.975. The molecule has 0 saturated heterocycles. The Bertz CT molecular complexity index is 78.5. The molecular weight excluding hydrogens is 142 g/mol. The van der Waals surface area contributed by atoms with Crippen molar-refractivity contribution in [2.75, 3.05) is 19.8 Å². The van der Waals surface area contributed by atoms with Crippen LogP contribution in [-0.2, 0) is 0 Å². The summed E-state index contributed by atoms with van der Waals surface area (Å²) in [6.07, 6.45) is 3.00. The average molecular weight is 161 g/mol. The molecule has 0 bridgehead atoms. The lowest BCUT2D eigenvalue weighted by atomic mass is 10.1. The van der Waals surface area contributed by atoms with E-state index in [9.17, 15) is 0 Å². The van der Waals surface area contributed by atoms with Crippen LogP contribution in [0, 0.1) is 0 Å². The third-order valence-corrected chi connectivity index (χ3v) is 1.65. The van der Waals surface area contributed by atoms with E-state index >= 15 is 0 Å². The standard InChI is InChI=1S/C8H19NO2/c1-8(9-5-7-11)4-2-3-6-10/h8-11H,2-7H2,1H3. The molecule has 0 radical (unpaired) electrons. The van der Waals surface area contributed by atoms with Gasteiger partial charge in [0.1, 0.15) is 0 Å². The molecule has 0 aliphatic heterocycles. The lowest BCUT2D eigenvalue weighted by Gasteiger charge is -2.11. The number of nitrogens with one attached hydrogen (secondary N) is 1. The van der Waals surface area contributed by atoms with Crippen molar-refractivity contribution < 1.29 is 10.2 Å². The van der Waals surface area contributed by atoms with Crippen LogP contribution in [0.2, 0.25) is 0 Å². The maximum Gasteiger partial charge on any atom is 0.0556 e. The van der Waals surface area contributed by atoms with Crippen molar-refractivity contribution in [3.63, 3.8) is 0 Å².